The molecule has 0 aliphatic carbocycles. The van der Waals surface area contributed by atoms with Crippen LogP contribution in [0.2, 0.25) is 0 Å². The van der Waals surface area contributed by atoms with Crippen LogP contribution in [-0.4, -0.2) is 30.2 Å². The number of carbonyl (C=O) groups excluding carboxylic acids is 1. The van der Waals surface area contributed by atoms with Crippen LogP contribution < -0.4 is 10.0 Å². The molecule has 0 saturated heterocycles. The molecule has 0 unspecified atom stereocenters. The van der Waals surface area contributed by atoms with Crippen LogP contribution in [0.15, 0.2) is 42.6 Å². The molecule has 1 aromatic carbocycles. The number of aliphatic hydroxyl groups is 1. The number of pyridine rings is 1. The Morgan fingerprint density at radius 3 is 2.32 bits per heavy atom. The van der Waals surface area contributed by atoms with Gasteiger partial charge in [0.25, 0.3) is 5.91 Å². The number of hydrogen-bond donors (Lipinski definition) is 2. The zero-order valence-corrected chi connectivity index (χ0v) is 13.3. The van der Waals surface area contributed by atoms with Gasteiger partial charge < -0.3 is 15.6 Å². The number of aromatic nitrogens is 1. The number of amides is 1. The first-order valence-electron chi connectivity index (χ1n) is 7.46. The Morgan fingerprint density at radius 2 is 1.80 bits per heavy atom. The van der Waals surface area contributed by atoms with E-state index in [2.05, 4.69) is 0 Å². The fourth-order valence-corrected chi connectivity index (χ4v) is 2.28. The third kappa shape index (κ3) is 4.48. The predicted molar refractivity (Wildman–Crippen MR) is 84.4 cm³/mol. The zero-order chi connectivity index (χ0) is 18.6. The molecule has 0 bridgehead atoms. The highest BCUT2D eigenvalue weighted by molar-refractivity contribution is 5.79. The zero-order valence-electron chi connectivity index (χ0n) is 13.3. The van der Waals surface area contributed by atoms with Crippen LogP contribution in [0.25, 0.3) is 11.1 Å². The first kappa shape index (κ1) is 18.7. The second-order valence-corrected chi connectivity index (χ2v) is 5.52. The van der Waals surface area contributed by atoms with E-state index in [9.17, 15) is 28.3 Å². The summed E-state index contributed by atoms with van der Waals surface area (Å²) in [5, 5.41) is 23.5. The lowest BCUT2D eigenvalue weighted by Crippen LogP contribution is -2.43. The van der Waals surface area contributed by atoms with E-state index in [-0.39, 0.29) is 5.56 Å². The summed E-state index contributed by atoms with van der Waals surface area (Å²) in [5.74, 6) is -1.64. The topological polar surface area (TPSA) is 76.3 Å². The Morgan fingerprint density at radius 1 is 1.20 bits per heavy atom. The maximum Gasteiger partial charge on any atom is 0.315 e. The van der Waals surface area contributed by atoms with E-state index in [0.29, 0.717) is 16.8 Å². The van der Waals surface area contributed by atoms with Gasteiger partial charge in [-0.3, -0.25) is 4.79 Å². The molecule has 0 aliphatic rings. The Kier molecular flexibility index (Phi) is 5.97. The quantitative estimate of drug-likeness (QED) is 0.616. The highest BCUT2D eigenvalue weighted by Gasteiger charge is 2.26. The molecular weight excluding hydrogens is 337 g/mol. The largest absolute Gasteiger partial charge is 0.618 e. The average Bonchev–Trinajstić information content (AvgIpc) is 2.61. The van der Waals surface area contributed by atoms with Crippen LogP contribution in [-0.2, 0) is 4.79 Å². The van der Waals surface area contributed by atoms with E-state index in [1.807, 2.05) is 0 Å². The summed E-state index contributed by atoms with van der Waals surface area (Å²) >= 11 is 0. The number of halogens is 3. The monoisotopic (exact) mass is 354 g/mol. The molecule has 0 radical (unpaired) electrons. The number of aliphatic hydroxyl groups excluding tert-OH is 1. The molecule has 0 fully saturated rings. The summed E-state index contributed by atoms with van der Waals surface area (Å²) < 4.78 is 38.2. The Hall–Kier alpha value is -2.61. The molecule has 0 aliphatic heterocycles. The summed E-state index contributed by atoms with van der Waals surface area (Å²) in [6.07, 6.45) is -3.37. The first-order valence-corrected chi connectivity index (χ1v) is 7.46. The van der Waals surface area contributed by atoms with E-state index in [0.717, 1.165) is 4.73 Å². The van der Waals surface area contributed by atoms with Crippen molar-refractivity contribution in [3.63, 3.8) is 0 Å². The van der Waals surface area contributed by atoms with Gasteiger partial charge in [-0.25, -0.2) is 4.39 Å². The van der Waals surface area contributed by atoms with E-state index >= 15 is 0 Å². The van der Waals surface area contributed by atoms with Crippen LogP contribution in [0.1, 0.15) is 17.4 Å². The molecule has 2 aromatic rings. The van der Waals surface area contributed by atoms with E-state index in [1.54, 1.807) is 36.5 Å². The van der Waals surface area contributed by atoms with Gasteiger partial charge in [0, 0.05) is 18.6 Å². The Balaban J connectivity index is 2.17. The van der Waals surface area contributed by atoms with Crippen molar-refractivity contribution in [1.29, 1.82) is 0 Å². The number of rotatable bonds is 6. The maximum absolute atomic E-state index is 13.0. The van der Waals surface area contributed by atoms with E-state index in [4.69, 9.17) is 0 Å². The van der Waals surface area contributed by atoms with Crippen LogP contribution in [0, 0.1) is 12.1 Å². The minimum atomic E-state index is -3.29. The van der Waals surface area contributed by atoms with Gasteiger partial charge in [0.15, 0.2) is 11.9 Å². The van der Waals surface area contributed by atoms with Crippen molar-refractivity contribution in [3.8, 4) is 11.1 Å². The molecule has 8 heteroatoms. The predicted octanol–water partition coefficient (Wildman–Crippen LogP) is 2.05. The number of carbonyl (C=O) groups is 1. The van der Waals surface area contributed by atoms with Gasteiger partial charge in [-0.05, 0) is 17.2 Å². The molecule has 25 heavy (non-hydrogen) atoms. The van der Waals surface area contributed by atoms with Crippen molar-refractivity contribution in [2.45, 2.75) is 25.5 Å². The van der Waals surface area contributed by atoms with Crippen LogP contribution >= 0.6 is 0 Å². The lowest BCUT2D eigenvalue weighted by molar-refractivity contribution is -0.611. The van der Waals surface area contributed by atoms with Gasteiger partial charge >= 0.3 is 6.43 Å². The SMILES string of the molecule is Cc1ccc(-c2ccc([C@@H](O)[C@@H](CF)NC(=O)C(F)F)cc2)c[n+]1[O-]. The number of nitrogens with zero attached hydrogens (tertiary/aromatic N) is 1. The number of benzene rings is 1. The molecule has 1 heterocycles. The second-order valence-electron chi connectivity index (χ2n) is 5.52. The van der Waals surface area contributed by atoms with Gasteiger partial charge in [-0.15, -0.1) is 0 Å². The highest BCUT2D eigenvalue weighted by atomic mass is 19.3. The van der Waals surface area contributed by atoms with Crippen molar-refractivity contribution in [2.24, 2.45) is 0 Å². The molecule has 2 N–H and O–H groups in total. The Bertz CT molecular complexity index is 738. The summed E-state index contributed by atoms with van der Waals surface area (Å²) in [6.45, 7) is 0.469. The van der Waals surface area contributed by atoms with Crippen LogP contribution in [0.5, 0.6) is 0 Å². The first-order chi connectivity index (χ1) is 11.8. The second kappa shape index (κ2) is 7.98. The maximum atomic E-state index is 13.0. The van der Waals surface area contributed by atoms with Crippen molar-refractivity contribution in [2.75, 3.05) is 6.67 Å². The standard InChI is InChI=1S/C17H17F3N2O3/c1-10-2-3-13(9-22(10)25)11-4-6-12(7-5-11)15(23)14(8-18)21-17(24)16(19)20/h2-7,9,14-16,23H,8H2,1H3,(H,21,24)/t14-,15-/m1/s1. The van der Waals surface area contributed by atoms with Crippen molar-refractivity contribution >= 4 is 5.91 Å². The summed E-state index contributed by atoms with van der Waals surface area (Å²) in [7, 11) is 0. The smallest absolute Gasteiger partial charge is 0.315 e. The molecule has 1 amide bonds. The van der Waals surface area contributed by atoms with Gasteiger partial charge in [-0.1, -0.05) is 24.3 Å². The fourth-order valence-electron chi connectivity index (χ4n) is 2.28. The fraction of sp³-hybridized carbons (Fsp3) is 0.294. The third-order valence-corrected chi connectivity index (χ3v) is 3.77. The van der Waals surface area contributed by atoms with E-state index < -0.39 is 31.2 Å². The minimum Gasteiger partial charge on any atom is -0.618 e. The van der Waals surface area contributed by atoms with Crippen LogP contribution in [0.3, 0.4) is 0 Å². The molecule has 2 atom stereocenters. The molecular formula is C17H17F3N2O3. The third-order valence-electron chi connectivity index (χ3n) is 3.77. The van der Waals surface area contributed by atoms with Gasteiger partial charge in [0.05, 0.1) is 6.04 Å². The molecule has 1 aromatic heterocycles. The van der Waals surface area contributed by atoms with Crippen molar-refractivity contribution < 1.29 is 27.8 Å². The molecule has 0 saturated carbocycles. The lowest BCUT2D eigenvalue weighted by atomic mass is 9.99. The van der Waals surface area contributed by atoms with Gasteiger partial charge in [0.1, 0.15) is 12.8 Å². The summed E-state index contributed by atoms with van der Waals surface area (Å²) in [5.41, 5.74) is 2.13. The molecule has 2 rings (SSSR count). The molecule has 0 spiro atoms. The molecule has 134 valence electrons. The van der Waals surface area contributed by atoms with Crippen molar-refractivity contribution in [3.05, 3.63) is 59.1 Å². The Labute approximate surface area is 142 Å². The molecule has 5 nitrogen and oxygen atoms in total. The minimum absolute atomic E-state index is 0.253. The summed E-state index contributed by atoms with van der Waals surface area (Å²) in [4.78, 5) is 11.0. The van der Waals surface area contributed by atoms with Gasteiger partial charge in [-0.2, -0.15) is 13.5 Å². The number of nitrogens with one attached hydrogen (secondary N) is 1. The average molecular weight is 354 g/mol. The number of hydrogen-bond acceptors (Lipinski definition) is 3. The number of aryl methyl sites for hydroxylation is 1. The van der Waals surface area contributed by atoms with E-state index in [1.165, 1.54) is 18.3 Å². The normalized spacial score (nSPS) is 13.5. The summed E-state index contributed by atoms with van der Waals surface area (Å²) in [6, 6.07) is 8.10. The van der Waals surface area contributed by atoms with Gasteiger partial charge in [0.2, 0.25) is 0 Å². The van der Waals surface area contributed by atoms with Crippen LogP contribution in [0.4, 0.5) is 13.2 Å². The lowest BCUT2D eigenvalue weighted by Gasteiger charge is -2.21. The number of alkyl halides is 3. The highest BCUT2D eigenvalue weighted by Crippen LogP contribution is 2.23. The van der Waals surface area contributed by atoms with Crippen molar-refractivity contribution in [1.82, 2.24) is 5.32 Å².